The van der Waals surface area contributed by atoms with Gasteiger partial charge in [0.2, 0.25) is 5.91 Å². The SMILES string of the molecule is C[C@@H]1C[C@@H]1C(=O)N[C@H](c1ccccc1)c1ccncc1. The molecule has 1 fully saturated rings. The molecule has 102 valence electrons. The van der Waals surface area contributed by atoms with Crippen molar-refractivity contribution in [2.75, 3.05) is 0 Å². The summed E-state index contributed by atoms with van der Waals surface area (Å²) in [6, 6.07) is 13.9. The highest BCUT2D eigenvalue weighted by Gasteiger charge is 2.39. The van der Waals surface area contributed by atoms with Gasteiger partial charge in [-0.1, -0.05) is 37.3 Å². The number of nitrogens with one attached hydrogen (secondary N) is 1. The van der Waals surface area contributed by atoms with Gasteiger partial charge in [0.1, 0.15) is 0 Å². The summed E-state index contributed by atoms with van der Waals surface area (Å²) in [5.74, 6) is 0.857. The van der Waals surface area contributed by atoms with Crippen molar-refractivity contribution in [2.24, 2.45) is 11.8 Å². The van der Waals surface area contributed by atoms with E-state index in [1.54, 1.807) is 12.4 Å². The zero-order chi connectivity index (χ0) is 13.9. The average Bonchev–Trinajstić information content (AvgIpc) is 3.23. The van der Waals surface area contributed by atoms with E-state index in [9.17, 15) is 4.79 Å². The number of hydrogen-bond acceptors (Lipinski definition) is 2. The van der Waals surface area contributed by atoms with Crippen LogP contribution in [0.1, 0.15) is 30.5 Å². The second kappa shape index (κ2) is 5.45. The van der Waals surface area contributed by atoms with Crippen LogP contribution >= 0.6 is 0 Å². The molecule has 1 aliphatic carbocycles. The van der Waals surface area contributed by atoms with Crippen molar-refractivity contribution in [3.8, 4) is 0 Å². The maximum absolute atomic E-state index is 12.2. The third-order valence-corrected chi connectivity index (χ3v) is 3.91. The lowest BCUT2D eigenvalue weighted by Gasteiger charge is -2.19. The van der Waals surface area contributed by atoms with Gasteiger partial charge in [0.05, 0.1) is 6.04 Å². The predicted molar refractivity (Wildman–Crippen MR) is 77.9 cm³/mol. The van der Waals surface area contributed by atoms with Crippen LogP contribution in [0.4, 0.5) is 0 Å². The Morgan fingerprint density at radius 1 is 1.15 bits per heavy atom. The molecule has 3 nitrogen and oxygen atoms in total. The molecule has 0 saturated heterocycles. The number of rotatable bonds is 4. The van der Waals surface area contributed by atoms with Crippen molar-refractivity contribution >= 4 is 5.91 Å². The van der Waals surface area contributed by atoms with Gasteiger partial charge in [0.15, 0.2) is 0 Å². The van der Waals surface area contributed by atoms with E-state index in [2.05, 4.69) is 17.2 Å². The summed E-state index contributed by atoms with van der Waals surface area (Å²) in [5, 5.41) is 3.18. The highest BCUT2D eigenvalue weighted by molar-refractivity contribution is 5.82. The third kappa shape index (κ3) is 2.72. The van der Waals surface area contributed by atoms with Gasteiger partial charge in [-0.3, -0.25) is 9.78 Å². The van der Waals surface area contributed by atoms with E-state index in [-0.39, 0.29) is 17.9 Å². The topological polar surface area (TPSA) is 42.0 Å². The Kier molecular flexibility index (Phi) is 3.50. The fraction of sp³-hybridized carbons (Fsp3) is 0.294. The van der Waals surface area contributed by atoms with Gasteiger partial charge in [0.25, 0.3) is 0 Å². The number of pyridine rings is 1. The first kappa shape index (κ1) is 12.9. The summed E-state index contributed by atoms with van der Waals surface area (Å²) in [5.41, 5.74) is 2.16. The summed E-state index contributed by atoms with van der Waals surface area (Å²) in [6.07, 6.45) is 4.53. The molecule has 1 saturated carbocycles. The van der Waals surface area contributed by atoms with Gasteiger partial charge in [-0.15, -0.1) is 0 Å². The fourth-order valence-corrected chi connectivity index (χ4v) is 2.50. The van der Waals surface area contributed by atoms with Gasteiger partial charge < -0.3 is 5.32 Å². The Hall–Kier alpha value is -2.16. The molecule has 1 heterocycles. The molecule has 0 aliphatic heterocycles. The summed E-state index contributed by atoms with van der Waals surface area (Å²) in [6.45, 7) is 2.12. The number of carbonyl (C=O) groups excluding carboxylic acids is 1. The lowest BCUT2D eigenvalue weighted by molar-refractivity contribution is -0.123. The first-order chi connectivity index (χ1) is 9.75. The Morgan fingerprint density at radius 3 is 2.35 bits per heavy atom. The standard InChI is InChI=1S/C17H18N2O/c1-12-11-15(12)17(20)19-16(13-5-3-2-4-6-13)14-7-9-18-10-8-14/h2-10,12,15-16H,11H2,1H3,(H,19,20)/t12-,15+,16-/m1/s1. The van der Waals surface area contributed by atoms with E-state index in [0.29, 0.717) is 5.92 Å². The maximum Gasteiger partial charge on any atom is 0.224 e. The molecule has 3 atom stereocenters. The monoisotopic (exact) mass is 266 g/mol. The van der Waals surface area contributed by atoms with Gasteiger partial charge in [-0.05, 0) is 35.6 Å². The van der Waals surface area contributed by atoms with Crippen LogP contribution in [0.15, 0.2) is 54.9 Å². The lowest BCUT2D eigenvalue weighted by Crippen LogP contribution is -2.30. The zero-order valence-electron chi connectivity index (χ0n) is 11.5. The molecule has 3 heteroatoms. The second-order valence-corrected chi connectivity index (χ2v) is 5.45. The zero-order valence-corrected chi connectivity index (χ0v) is 11.5. The van der Waals surface area contributed by atoms with Crippen LogP contribution in [-0.2, 0) is 4.79 Å². The number of hydrogen-bond donors (Lipinski definition) is 1. The molecular formula is C17H18N2O. The molecule has 1 amide bonds. The summed E-state index contributed by atoms with van der Waals surface area (Å²) in [4.78, 5) is 16.3. The molecule has 1 N–H and O–H groups in total. The van der Waals surface area contributed by atoms with Gasteiger partial charge in [0, 0.05) is 18.3 Å². The van der Waals surface area contributed by atoms with Crippen LogP contribution in [0.2, 0.25) is 0 Å². The number of aromatic nitrogens is 1. The van der Waals surface area contributed by atoms with E-state index >= 15 is 0 Å². The van der Waals surface area contributed by atoms with Crippen molar-refractivity contribution in [1.82, 2.24) is 10.3 Å². The molecule has 1 aliphatic rings. The van der Waals surface area contributed by atoms with E-state index in [4.69, 9.17) is 0 Å². The summed E-state index contributed by atoms with van der Waals surface area (Å²) in [7, 11) is 0. The minimum absolute atomic E-state index is 0.0977. The Balaban J connectivity index is 1.86. The third-order valence-electron chi connectivity index (χ3n) is 3.91. The number of benzene rings is 1. The number of carbonyl (C=O) groups is 1. The average molecular weight is 266 g/mol. The molecule has 0 spiro atoms. The maximum atomic E-state index is 12.2. The molecule has 0 unspecified atom stereocenters. The first-order valence-electron chi connectivity index (χ1n) is 7.01. The van der Waals surface area contributed by atoms with Crippen LogP contribution in [0.3, 0.4) is 0 Å². The van der Waals surface area contributed by atoms with Crippen molar-refractivity contribution in [1.29, 1.82) is 0 Å². The molecular weight excluding hydrogens is 248 g/mol. The normalized spacial score (nSPS) is 22.1. The van der Waals surface area contributed by atoms with Crippen LogP contribution in [0, 0.1) is 11.8 Å². The fourth-order valence-electron chi connectivity index (χ4n) is 2.50. The van der Waals surface area contributed by atoms with E-state index < -0.39 is 0 Å². The molecule has 0 radical (unpaired) electrons. The lowest BCUT2D eigenvalue weighted by atomic mass is 9.99. The van der Waals surface area contributed by atoms with Gasteiger partial charge >= 0.3 is 0 Å². The highest BCUT2D eigenvalue weighted by atomic mass is 16.2. The molecule has 2 aromatic rings. The number of nitrogens with zero attached hydrogens (tertiary/aromatic N) is 1. The summed E-state index contributed by atoms with van der Waals surface area (Å²) >= 11 is 0. The van der Waals surface area contributed by atoms with E-state index in [1.165, 1.54) is 0 Å². The summed E-state index contributed by atoms with van der Waals surface area (Å²) < 4.78 is 0. The van der Waals surface area contributed by atoms with Crippen LogP contribution < -0.4 is 5.32 Å². The smallest absolute Gasteiger partial charge is 0.224 e. The van der Waals surface area contributed by atoms with Crippen molar-refractivity contribution in [3.63, 3.8) is 0 Å². The van der Waals surface area contributed by atoms with E-state index in [0.717, 1.165) is 17.5 Å². The van der Waals surface area contributed by atoms with E-state index in [1.807, 2.05) is 42.5 Å². The van der Waals surface area contributed by atoms with Crippen LogP contribution in [0.5, 0.6) is 0 Å². The quantitative estimate of drug-likeness (QED) is 0.924. The highest BCUT2D eigenvalue weighted by Crippen LogP contribution is 2.38. The minimum atomic E-state index is -0.0977. The largest absolute Gasteiger partial charge is 0.345 e. The molecule has 3 rings (SSSR count). The van der Waals surface area contributed by atoms with Crippen molar-refractivity contribution in [2.45, 2.75) is 19.4 Å². The Bertz CT molecular complexity index is 543. The molecule has 1 aromatic heterocycles. The Morgan fingerprint density at radius 2 is 1.75 bits per heavy atom. The second-order valence-electron chi connectivity index (χ2n) is 5.45. The molecule has 1 aromatic carbocycles. The van der Waals surface area contributed by atoms with Crippen molar-refractivity contribution < 1.29 is 4.79 Å². The molecule has 20 heavy (non-hydrogen) atoms. The minimum Gasteiger partial charge on any atom is -0.345 e. The molecule has 0 bridgehead atoms. The number of amides is 1. The first-order valence-corrected chi connectivity index (χ1v) is 7.01. The van der Waals surface area contributed by atoms with Crippen LogP contribution in [0.25, 0.3) is 0 Å². The van der Waals surface area contributed by atoms with Crippen molar-refractivity contribution in [3.05, 3.63) is 66.0 Å². The van der Waals surface area contributed by atoms with Gasteiger partial charge in [-0.25, -0.2) is 0 Å². The van der Waals surface area contributed by atoms with Crippen LogP contribution in [-0.4, -0.2) is 10.9 Å². The Labute approximate surface area is 119 Å². The van der Waals surface area contributed by atoms with Gasteiger partial charge in [-0.2, -0.15) is 0 Å². The predicted octanol–water partition coefficient (Wildman–Crippen LogP) is 2.94.